The number of benzene rings is 7. The van der Waals surface area contributed by atoms with Crippen molar-refractivity contribution in [1.29, 1.82) is 0 Å². The standard InChI is InChI=1S/C57H55NO/c1-34-25-30-50(43(31-34)41-19-14-18-39-40-20-15-24-47(55(5,6)7)53(40)59-52(39)41)58(35-26-28-38-37-17-12-13-21-44(37)56(8,9)48(38)32-35)36-27-29-42-49(33-36)57(10,11)46-23-16-22-45(51(42)46)54(2,3)4/h12-33H,1-11H3. The van der Waals surface area contributed by atoms with Gasteiger partial charge < -0.3 is 9.32 Å². The predicted molar refractivity (Wildman–Crippen MR) is 251 cm³/mol. The fraction of sp³-hybridized carbons (Fsp3) is 0.263. The summed E-state index contributed by atoms with van der Waals surface area (Å²) in [6.45, 7) is 25.6. The molecule has 2 aliphatic rings. The Labute approximate surface area is 350 Å². The van der Waals surface area contributed by atoms with Crippen molar-refractivity contribution in [1.82, 2.24) is 0 Å². The molecule has 2 heteroatoms. The van der Waals surface area contributed by atoms with Crippen molar-refractivity contribution in [2.45, 2.75) is 97.8 Å². The highest BCUT2D eigenvalue weighted by Gasteiger charge is 2.40. The zero-order valence-electron chi connectivity index (χ0n) is 36.6. The van der Waals surface area contributed by atoms with E-state index in [9.17, 15) is 0 Å². The quantitative estimate of drug-likeness (QED) is 0.177. The fourth-order valence-corrected chi connectivity index (χ4v) is 10.5. The second-order valence-corrected chi connectivity index (χ2v) is 20.3. The molecule has 2 nitrogen and oxygen atoms in total. The molecular formula is C57H55NO. The number of fused-ring (bicyclic) bond motifs is 9. The first-order valence-electron chi connectivity index (χ1n) is 21.4. The summed E-state index contributed by atoms with van der Waals surface area (Å²) in [7, 11) is 0. The number of hydrogen-bond acceptors (Lipinski definition) is 2. The lowest BCUT2D eigenvalue weighted by atomic mass is 9.79. The number of nitrogens with zero attached hydrogens (tertiary/aromatic N) is 1. The third-order valence-corrected chi connectivity index (χ3v) is 13.6. The van der Waals surface area contributed by atoms with Crippen molar-refractivity contribution >= 4 is 39.0 Å². The Morgan fingerprint density at radius 3 is 1.69 bits per heavy atom. The SMILES string of the molecule is Cc1ccc(N(c2ccc3c(c2)C(C)(C)c2ccccc2-3)c2ccc3c(c2)C(C)(C)c2cccc(C(C)(C)C)c2-3)c(-c2cccc3c2oc2c(C(C)(C)C)cccc23)c1. The van der Waals surface area contributed by atoms with Gasteiger partial charge in [-0.15, -0.1) is 0 Å². The molecule has 7 aromatic carbocycles. The normalized spacial score (nSPS) is 15.0. The molecule has 8 aromatic rings. The summed E-state index contributed by atoms with van der Waals surface area (Å²) >= 11 is 0. The summed E-state index contributed by atoms with van der Waals surface area (Å²) in [6, 6.07) is 50.5. The summed E-state index contributed by atoms with van der Waals surface area (Å²) in [5, 5.41) is 2.31. The van der Waals surface area contributed by atoms with E-state index in [4.69, 9.17) is 4.42 Å². The van der Waals surface area contributed by atoms with E-state index in [0.717, 1.165) is 50.1 Å². The maximum absolute atomic E-state index is 7.05. The van der Waals surface area contributed by atoms with Gasteiger partial charge in [-0.25, -0.2) is 0 Å². The topological polar surface area (TPSA) is 16.4 Å². The highest BCUT2D eigenvalue weighted by molar-refractivity contribution is 6.12. The zero-order valence-corrected chi connectivity index (χ0v) is 36.6. The van der Waals surface area contributed by atoms with Crippen molar-refractivity contribution in [3.63, 3.8) is 0 Å². The minimum atomic E-state index is -0.171. The van der Waals surface area contributed by atoms with E-state index in [-0.39, 0.29) is 21.7 Å². The largest absolute Gasteiger partial charge is 0.455 e. The van der Waals surface area contributed by atoms with Gasteiger partial charge in [0.05, 0.1) is 5.69 Å². The molecule has 0 fully saturated rings. The van der Waals surface area contributed by atoms with Crippen LogP contribution in [0.2, 0.25) is 0 Å². The molecule has 294 valence electrons. The third-order valence-electron chi connectivity index (χ3n) is 13.6. The maximum Gasteiger partial charge on any atom is 0.143 e. The summed E-state index contributed by atoms with van der Waals surface area (Å²) in [5.74, 6) is 0. The van der Waals surface area contributed by atoms with Crippen molar-refractivity contribution < 1.29 is 4.42 Å². The average Bonchev–Trinajstić information content (AvgIpc) is 3.77. The molecule has 1 heterocycles. The number of hydrogen-bond donors (Lipinski definition) is 0. The molecule has 0 unspecified atom stereocenters. The Kier molecular flexibility index (Phi) is 7.97. The molecule has 0 spiro atoms. The summed E-state index contributed by atoms with van der Waals surface area (Å²) in [4.78, 5) is 2.51. The van der Waals surface area contributed by atoms with Crippen LogP contribution in [-0.4, -0.2) is 0 Å². The van der Waals surface area contributed by atoms with Gasteiger partial charge >= 0.3 is 0 Å². The minimum absolute atomic E-state index is 0.0185. The van der Waals surface area contributed by atoms with Crippen LogP contribution in [0.4, 0.5) is 17.1 Å². The van der Waals surface area contributed by atoms with E-state index < -0.39 is 0 Å². The van der Waals surface area contributed by atoms with Crippen LogP contribution in [0, 0.1) is 6.92 Å². The number of anilines is 3. The number of aryl methyl sites for hydroxylation is 1. The van der Waals surface area contributed by atoms with Gasteiger partial charge in [0.15, 0.2) is 0 Å². The first-order valence-corrected chi connectivity index (χ1v) is 21.4. The van der Waals surface area contributed by atoms with Crippen molar-refractivity contribution in [2.75, 3.05) is 4.90 Å². The molecule has 59 heavy (non-hydrogen) atoms. The van der Waals surface area contributed by atoms with E-state index in [1.807, 2.05) is 0 Å². The van der Waals surface area contributed by atoms with Crippen molar-refractivity contribution in [2.24, 2.45) is 0 Å². The van der Waals surface area contributed by atoms with E-state index >= 15 is 0 Å². The molecular weight excluding hydrogens is 715 g/mol. The molecule has 0 radical (unpaired) electrons. The van der Waals surface area contributed by atoms with Crippen molar-refractivity contribution in [3.05, 3.63) is 172 Å². The fourth-order valence-electron chi connectivity index (χ4n) is 10.5. The van der Waals surface area contributed by atoms with Crippen LogP contribution < -0.4 is 4.90 Å². The second kappa shape index (κ2) is 12.6. The van der Waals surface area contributed by atoms with Gasteiger partial charge in [-0.3, -0.25) is 0 Å². The Balaban J connectivity index is 1.24. The zero-order chi connectivity index (χ0) is 41.4. The summed E-state index contributed by atoms with van der Waals surface area (Å²) in [5.41, 5.74) is 21.9. The highest BCUT2D eigenvalue weighted by Crippen LogP contribution is 2.56. The third kappa shape index (κ3) is 5.52. The molecule has 10 rings (SSSR count). The van der Waals surface area contributed by atoms with Gasteiger partial charge in [0, 0.05) is 49.7 Å². The molecule has 2 aliphatic carbocycles. The van der Waals surface area contributed by atoms with Gasteiger partial charge in [0.25, 0.3) is 0 Å². The van der Waals surface area contributed by atoms with Gasteiger partial charge in [-0.05, 0) is 104 Å². The Hall–Kier alpha value is -5.86. The molecule has 0 saturated carbocycles. The Morgan fingerprint density at radius 2 is 0.983 bits per heavy atom. The van der Waals surface area contributed by atoms with E-state index in [1.54, 1.807) is 0 Å². The lowest BCUT2D eigenvalue weighted by molar-refractivity contribution is 0.573. The van der Waals surface area contributed by atoms with Gasteiger partial charge in [0.1, 0.15) is 11.2 Å². The monoisotopic (exact) mass is 769 g/mol. The maximum atomic E-state index is 7.05. The van der Waals surface area contributed by atoms with E-state index in [0.29, 0.717) is 0 Å². The van der Waals surface area contributed by atoms with Crippen molar-refractivity contribution in [3.8, 4) is 33.4 Å². The lowest BCUT2D eigenvalue weighted by Crippen LogP contribution is -2.18. The number of furan rings is 1. The van der Waals surface area contributed by atoms with Crippen LogP contribution in [0.1, 0.15) is 108 Å². The molecule has 0 N–H and O–H groups in total. The summed E-state index contributed by atoms with van der Waals surface area (Å²) < 4.78 is 7.05. The molecule has 0 saturated heterocycles. The lowest BCUT2D eigenvalue weighted by Gasteiger charge is -2.31. The van der Waals surface area contributed by atoms with Crippen LogP contribution in [-0.2, 0) is 21.7 Å². The molecule has 0 aliphatic heterocycles. The minimum Gasteiger partial charge on any atom is -0.455 e. The van der Waals surface area contributed by atoms with Gasteiger partial charge in [-0.1, -0.05) is 172 Å². The molecule has 0 amide bonds. The first kappa shape index (κ1) is 37.4. The van der Waals surface area contributed by atoms with Crippen LogP contribution >= 0.6 is 0 Å². The second-order valence-electron chi connectivity index (χ2n) is 20.3. The number of para-hydroxylation sites is 2. The van der Waals surface area contributed by atoms with E-state index in [1.165, 1.54) is 61.2 Å². The predicted octanol–water partition coefficient (Wildman–Crippen LogP) is 16.2. The average molecular weight is 770 g/mol. The first-order chi connectivity index (χ1) is 28.0. The van der Waals surface area contributed by atoms with Gasteiger partial charge in [0.2, 0.25) is 0 Å². The van der Waals surface area contributed by atoms with Crippen LogP contribution in [0.3, 0.4) is 0 Å². The van der Waals surface area contributed by atoms with Crippen LogP contribution in [0.5, 0.6) is 0 Å². The smallest absolute Gasteiger partial charge is 0.143 e. The van der Waals surface area contributed by atoms with Gasteiger partial charge in [-0.2, -0.15) is 0 Å². The highest BCUT2D eigenvalue weighted by atomic mass is 16.3. The Bertz CT molecular complexity index is 3030. The number of rotatable bonds is 4. The van der Waals surface area contributed by atoms with E-state index in [2.05, 4.69) is 215 Å². The molecule has 0 bridgehead atoms. The molecule has 1 aromatic heterocycles. The Morgan fingerprint density at radius 1 is 0.441 bits per heavy atom. The summed E-state index contributed by atoms with van der Waals surface area (Å²) in [6.07, 6.45) is 0. The van der Waals surface area contributed by atoms with Crippen LogP contribution in [0.15, 0.2) is 138 Å². The molecule has 0 atom stereocenters. The van der Waals surface area contributed by atoms with Crippen LogP contribution in [0.25, 0.3) is 55.3 Å².